The lowest BCUT2D eigenvalue weighted by Gasteiger charge is -2.18. The van der Waals surface area contributed by atoms with E-state index in [1.54, 1.807) is 6.07 Å². The van der Waals surface area contributed by atoms with E-state index in [9.17, 15) is 8.78 Å². The molecule has 2 rings (SSSR count). The molecule has 5 heteroatoms. The van der Waals surface area contributed by atoms with Gasteiger partial charge in [0.15, 0.2) is 11.5 Å². The summed E-state index contributed by atoms with van der Waals surface area (Å²) in [4.78, 5) is 0. The van der Waals surface area contributed by atoms with E-state index in [0.717, 1.165) is 11.1 Å². The Morgan fingerprint density at radius 1 is 1.11 bits per heavy atom. The first-order valence-corrected chi connectivity index (χ1v) is 6.23. The molecule has 0 bridgehead atoms. The lowest BCUT2D eigenvalue weighted by atomic mass is 9.90. The van der Waals surface area contributed by atoms with E-state index in [4.69, 9.17) is 11.6 Å². The number of ether oxygens (including phenoxy) is 2. The normalized spacial score (nSPS) is 16.7. The average molecular weight is 277 g/mol. The van der Waals surface area contributed by atoms with Gasteiger partial charge in [-0.3, -0.25) is 0 Å². The SMILES string of the molecule is CC(C)c1cc2c(c(Cl)c1C(C)C)OC(F)(F)O2. The van der Waals surface area contributed by atoms with Crippen LogP contribution in [-0.2, 0) is 0 Å². The van der Waals surface area contributed by atoms with Gasteiger partial charge in [0, 0.05) is 0 Å². The molecule has 0 unspecified atom stereocenters. The van der Waals surface area contributed by atoms with Crippen LogP contribution in [0.2, 0.25) is 5.02 Å². The van der Waals surface area contributed by atoms with Crippen LogP contribution < -0.4 is 9.47 Å². The Balaban J connectivity index is 2.64. The number of alkyl halides is 2. The summed E-state index contributed by atoms with van der Waals surface area (Å²) in [6, 6.07) is 1.60. The number of hydrogen-bond donors (Lipinski definition) is 0. The summed E-state index contributed by atoms with van der Waals surface area (Å²) in [6.45, 7) is 7.90. The summed E-state index contributed by atoms with van der Waals surface area (Å²) in [5, 5.41) is 0.225. The molecule has 18 heavy (non-hydrogen) atoms. The molecule has 0 amide bonds. The molecule has 1 aliphatic heterocycles. The second kappa shape index (κ2) is 4.26. The number of rotatable bonds is 2. The van der Waals surface area contributed by atoms with E-state index >= 15 is 0 Å². The maximum atomic E-state index is 13.1. The van der Waals surface area contributed by atoms with E-state index in [0.29, 0.717) is 0 Å². The number of halogens is 3. The van der Waals surface area contributed by atoms with Gasteiger partial charge in [0.2, 0.25) is 0 Å². The molecule has 0 radical (unpaired) electrons. The van der Waals surface area contributed by atoms with Crippen LogP contribution in [0.25, 0.3) is 0 Å². The van der Waals surface area contributed by atoms with Crippen LogP contribution >= 0.6 is 11.6 Å². The third-order valence-electron chi connectivity index (χ3n) is 2.91. The minimum atomic E-state index is -3.63. The molecule has 1 aliphatic rings. The molecule has 1 aromatic rings. The molecule has 0 spiro atoms. The summed E-state index contributed by atoms with van der Waals surface area (Å²) >= 11 is 6.19. The fourth-order valence-electron chi connectivity index (χ4n) is 2.14. The third kappa shape index (κ3) is 2.14. The molecule has 0 aliphatic carbocycles. The van der Waals surface area contributed by atoms with Crippen molar-refractivity contribution in [2.24, 2.45) is 0 Å². The first-order chi connectivity index (χ1) is 8.23. The van der Waals surface area contributed by atoms with Crippen molar-refractivity contribution in [2.45, 2.75) is 45.8 Å². The van der Waals surface area contributed by atoms with Crippen LogP contribution in [0.15, 0.2) is 6.07 Å². The van der Waals surface area contributed by atoms with E-state index < -0.39 is 6.29 Å². The van der Waals surface area contributed by atoms with E-state index in [1.807, 2.05) is 27.7 Å². The van der Waals surface area contributed by atoms with Gasteiger partial charge >= 0.3 is 6.29 Å². The minimum absolute atomic E-state index is 0.0121. The van der Waals surface area contributed by atoms with Crippen molar-refractivity contribution in [3.8, 4) is 11.5 Å². The van der Waals surface area contributed by atoms with Crippen molar-refractivity contribution >= 4 is 11.6 Å². The Morgan fingerprint density at radius 2 is 1.72 bits per heavy atom. The zero-order valence-electron chi connectivity index (χ0n) is 10.7. The number of hydrogen-bond acceptors (Lipinski definition) is 2. The molecule has 0 saturated heterocycles. The van der Waals surface area contributed by atoms with Crippen molar-refractivity contribution in [3.63, 3.8) is 0 Å². The predicted molar refractivity (Wildman–Crippen MR) is 65.8 cm³/mol. The van der Waals surface area contributed by atoms with Gasteiger partial charge in [-0.25, -0.2) is 0 Å². The maximum absolute atomic E-state index is 13.1. The van der Waals surface area contributed by atoms with Crippen LogP contribution in [-0.4, -0.2) is 6.29 Å². The minimum Gasteiger partial charge on any atom is -0.395 e. The van der Waals surface area contributed by atoms with Gasteiger partial charge in [0.05, 0.1) is 5.02 Å². The molecular formula is C13H15ClF2O2. The van der Waals surface area contributed by atoms with Gasteiger partial charge in [0.1, 0.15) is 0 Å². The Hall–Kier alpha value is -1.03. The number of benzene rings is 1. The summed E-state index contributed by atoms with van der Waals surface area (Å²) in [7, 11) is 0. The van der Waals surface area contributed by atoms with Crippen molar-refractivity contribution in [2.75, 3.05) is 0 Å². The molecule has 0 fully saturated rings. The quantitative estimate of drug-likeness (QED) is 0.764. The molecule has 1 aromatic carbocycles. The highest BCUT2D eigenvalue weighted by atomic mass is 35.5. The molecule has 0 saturated carbocycles. The van der Waals surface area contributed by atoms with Gasteiger partial charge in [0.25, 0.3) is 0 Å². The zero-order chi connectivity index (χ0) is 13.7. The molecule has 2 nitrogen and oxygen atoms in total. The topological polar surface area (TPSA) is 18.5 Å². The highest BCUT2D eigenvalue weighted by molar-refractivity contribution is 6.33. The van der Waals surface area contributed by atoms with Crippen LogP contribution in [0.3, 0.4) is 0 Å². The fraction of sp³-hybridized carbons (Fsp3) is 0.538. The van der Waals surface area contributed by atoms with Crippen molar-refractivity contribution < 1.29 is 18.3 Å². The van der Waals surface area contributed by atoms with Gasteiger partial charge < -0.3 is 9.47 Å². The summed E-state index contributed by atoms with van der Waals surface area (Å²) in [5.41, 5.74) is 1.75. The molecule has 0 atom stereocenters. The van der Waals surface area contributed by atoms with E-state index in [2.05, 4.69) is 9.47 Å². The Kier molecular flexibility index (Phi) is 3.18. The largest absolute Gasteiger partial charge is 0.586 e. The van der Waals surface area contributed by atoms with Gasteiger partial charge in [-0.05, 0) is 29.0 Å². The standard InChI is InChI=1S/C13H15ClF2O2/c1-6(2)8-5-9-12(18-13(15,16)17-9)11(14)10(8)7(3)4/h5-7H,1-4H3. The van der Waals surface area contributed by atoms with E-state index in [1.165, 1.54) is 0 Å². The van der Waals surface area contributed by atoms with Crippen LogP contribution in [0.5, 0.6) is 11.5 Å². The van der Waals surface area contributed by atoms with Gasteiger partial charge in [-0.2, -0.15) is 0 Å². The number of fused-ring (bicyclic) bond motifs is 1. The molecule has 1 heterocycles. The molecule has 100 valence electrons. The first-order valence-electron chi connectivity index (χ1n) is 5.85. The van der Waals surface area contributed by atoms with Crippen molar-refractivity contribution in [1.29, 1.82) is 0 Å². The average Bonchev–Trinajstić information content (AvgIpc) is 2.52. The summed E-state index contributed by atoms with van der Waals surface area (Å²) in [5.74, 6) is 0.244. The highest BCUT2D eigenvalue weighted by Crippen LogP contribution is 2.50. The lowest BCUT2D eigenvalue weighted by Crippen LogP contribution is -2.26. The lowest BCUT2D eigenvalue weighted by molar-refractivity contribution is -0.286. The van der Waals surface area contributed by atoms with Gasteiger partial charge in [-0.15, -0.1) is 8.78 Å². The Labute approximate surface area is 110 Å². The van der Waals surface area contributed by atoms with Crippen LogP contribution in [0, 0.1) is 0 Å². The second-order valence-corrected chi connectivity index (χ2v) is 5.38. The summed E-state index contributed by atoms with van der Waals surface area (Å²) < 4.78 is 35.1. The van der Waals surface area contributed by atoms with Crippen LogP contribution in [0.4, 0.5) is 8.78 Å². The van der Waals surface area contributed by atoms with E-state index in [-0.39, 0.29) is 28.4 Å². The van der Waals surface area contributed by atoms with Crippen LogP contribution in [0.1, 0.15) is 50.7 Å². The Morgan fingerprint density at radius 3 is 2.22 bits per heavy atom. The smallest absolute Gasteiger partial charge is 0.395 e. The molecular weight excluding hydrogens is 262 g/mol. The fourth-order valence-corrected chi connectivity index (χ4v) is 2.60. The summed E-state index contributed by atoms with van der Waals surface area (Å²) in [6.07, 6.45) is -3.63. The predicted octanol–water partition coefficient (Wildman–Crippen LogP) is 4.91. The highest BCUT2D eigenvalue weighted by Gasteiger charge is 2.45. The van der Waals surface area contributed by atoms with Crippen molar-refractivity contribution in [1.82, 2.24) is 0 Å². The third-order valence-corrected chi connectivity index (χ3v) is 3.28. The zero-order valence-corrected chi connectivity index (χ0v) is 11.4. The first kappa shape index (κ1) is 13.4. The Bertz CT molecular complexity index is 484. The monoisotopic (exact) mass is 276 g/mol. The van der Waals surface area contributed by atoms with Crippen molar-refractivity contribution in [3.05, 3.63) is 22.2 Å². The maximum Gasteiger partial charge on any atom is 0.586 e. The van der Waals surface area contributed by atoms with Gasteiger partial charge in [-0.1, -0.05) is 39.3 Å². The molecule has 0 aromatic heterocycles. The second-order valence-electron chi connectivity index (χ2n) is 5.00. The molecule has 0 N–H and O–H groups in total.